The molecule has 4 rings (SSSR count). The molecule has 5 heteroatoms. The summed E-state index contributed by atoms with van der Waals surface area (Å²) < 4.78 is 0. The first-order valence-corrected chi connectivity index (χ1v) is 9.94. The number of hydrogen-bond acceptors (Lipinski definition) is 4. The van der Waals surface area contributed by atoms with Crippen LogP contribution in [0.3, 0.4) is 0 Å². The minimum absolute atomic E-state index is 0. The summed E-state index contributed by atoms with van der Waals surface area (Å²) >= 11 is 1.39. The number of thiazole rings is 1. The molecule has 0 saturated carbocycles. The average Bonchev–Trinajstić information content (AvgIpc) is 3.15. The average molecular weight is 464 g/mol. The molecule has 146 valence electrons. The molecule has 0 aliphatic heterocycles. The third-order valence-corrected chi connectivity index (χ3v) is 5.52. The molecule has 3 nitrogen and oxygen atoms in total. The Labute approximate surface area is 185 Å². The number of nitrogens with one attached hydrogen (secondary N) is 1. The normalized spacial score (nSPS) is 10.3. The highest BCUT2D eigenvalue weighted by Gasteiger charge is 2.21. The fraction of sp³-hybridized carbons (Fsp3) is 0.0833. The molecular weight excluding hydrogens is 444 g/mol. The van der Waals surface area contributed by atoms with Crippen LogP contribution in [0.5, 0.6) is 0 Å². The molecule has 1 N–H and O–H groups in total. The molecule has 0 amide bonds. The van der Waals surface area contributed by atoms with Crippen LogP contribution in [-0.4, -0.2) is 10.8 Å². The van der Waals surface area contributed by atoms with Gasteiger partial charge < -0.3 is 22.3 Å². The van der Waals surface area contributed by atoms with Gasteiger partial charge in [-0.1, -0.05) is 84.1 Å². The molecule has 0 aliphatic rings. The van der Waals surface area contributed by atoms with E-state index >= 15 is 0 Å². The van der Waals surface area contributed by atoms with E-state index in [1.807, 2.05) is 60.7 Å². The third-order valence-electron chi connectivity index (χ3n) is 4.55. The van der Waals surface area contributed by atoms with Gasteiger partial charge in [0.05, 0.1) is 5.69 Å². The zero-order chi connectivity index (χ0) is 19.5. The van der Waals surface area contributed by atoms with E-state index in [9.17, 15) is 4.79 Å². The quantitative estimate of drug-likeness (QED) is 0.461. The van der Waals surface area contributed by atoms with Crippen molar-refractivity contribution in [1.29, 1.82) is 0 Å². The number of anilines is 2. The summed E-state index contributed by atoms with van der Waals surface area (Å²) in [6.07, 6.45) is 0. The zero-order valence-electron chi connectivity index (χ0n) is 16.1. The minimum Gasteiger partial charge on any atom is -1.00 e. The van der Waals surface area contributed by atoms with Crippen LogP contribution in [0, 0.1) is 13.8 Å². The lowest BCUT2D eigenvalue weighted by Gasteiger charge is -2.07. The van der Waals surface area contributed by atoms with Crippen LogP contribution in [0.15, 0.2) is 78.9 Å². The molecule has 0 spiro atoms. The SMILES string of the molecule is Cc1ccc(C)c(Nc2nc(-c3ccccc3)c(C(=O)c3ccccc3)s2)c1.[Br-]. The van der Waals surface area contributed by atoms with Gasteiger partial charge in [-0.25, -0.2) is 4.98 Å². The maximum Gasteiger partial charge on any atom is 0.205 e. The topological polar surface area (TPSA) is 42.0 Å². The molecule has 0 bridgehead atoms. The van der Waals surface area contributed by atoms with Gasteiger partial charge in [0.2, 0.25) is 5.78 Å². The molecule has 0 fully saturated rings. The molecule has 0 radical (unpaired) electrons. The lowest BCUT2D eigenvalue weighted by atomic mass is 10.1. The summed E-state index contributed by atoms with van der Waals surface area (Å²) in [6.45, 7) is 4.12. The molecule has 0 aliphatic carbocycles. The summed E-state index contributed by atoms with van der Waals surface area (Å²) in [6, 6.07) is 25.5. The molecule has 0 unspecified atom stereocenters. The number of nitrogens with zero attached hydrogens (tertiary/aromatic N) is 1. The highest BCUT2D eigenvalue weighted by molar-refractivity contribution is 7.18. The number of aryl methyl sites for hydroxylation is 2. The first-order valence-electron chi connectivity index (χ1n) is 9.12. The van der Waals surface area contributed by atoms with Gasteiger partial charge in [0.1, 0.15) is 4.88 Å². The second-order valence-electron chi connectivity index (χ2n) is 6.70. The lowest BCUT2D eigenvalue weighted by Crippen LogP contribution is -3.00. The Kier molecular flexibility index (Phi) is 6.62. The Balaban J connectivity index is 0.00000240. The molecule has 0 atom stereocenters. The van der Waals surface area contributed by atoms with Crippen LogP contribution in [0.4, 0.5) is 10.8 Å². The number of carbonyl (C=O) groups excluding carboxylic acids is 1. The fourth-order valence-corrected chi connectivity index (χ4v) is 3.99. The first-order chi connectivity index (χ1) is 13.6. The molecule has 3 aromatic carbocycles. The van der Waals surface area contributed by atoms with Gasteiger partial charge >= 0.3 is 0 Å². The van der Waals surface area contributed by atoms with Crippen LogP contribution in [0.2, 0.25) is 0 Å². The highest BCUT2D eigenvalue weighted by atomic mass is 79.9. The number of aromatic nitrogens is 1. The van der Waals surface area contributed by atoms with Gasteiger partial charge in [-0.3, -0.25) is 4.79 Å². The zero-order valence-corrected chi connectivity index (χ0v) is 18.5. The van der Waals surface area contributed by atoms with Crippen LogP contribution < -0.4 is 22.3 Å². The number of halogens is 1. The van der Waals surface area contributed by atoms with E-state index in [4.69, 9.17) is 4.98 Å². The van der Waals surface area contributed by atoms with Crippen molar-refractivity contribution in [3.63, 3.8) is 0 Å². The van der Waals surface area contributed by atoms with E-state index in [1.54, 1.807) is 0 Å². The van der Waals surface area contributed by atoms with E-state index in [2.05, 4.69) is 37.4 Å². The summed E-state index contributed by atoms with van der Waals surface area (Å²) in [5.74, 6) is -0.00836. The molecular formula is C24H20BrN2OS-. The van der Waals surface area contributed by atoms with Crippen LogP contribution in [0.25, 0.3) is 11.3 Å². The Morgan fingerprint density at radius 1 is 0.897 bits per heavy atom. The predicted molar refractivity (Wildman–Crippen MR) is 117 cm³/mol. The van der Waals surface area contributed by atoms with Crippen molar-refractivity contribution in [2.45, 2.75) is 13.8 Å². The fourth-order valence-electron chi connectivity index (χ4n) is 3.03. The molecule has 1 aromatic heterocycles. The Hall–Kier alpha value is -2.76. The van der Waals surface area contributed by atoms with Crippen LogP contribution in [0.1, 0.15) is 26.4 Å². The van der Waals surface area contributed by atoms with E-state index in [0.717, 1.165) is 16.8 Å². The van der Waals surface area contributed by atoms with E-state index < -0.39 is 0 Å². The summed E-state index contributed by atoms with van der Waals surface area (Å²) in [5.41, 5.74) is 5.64. The van der Waals surface area contributed by atoms with Gasteiger partial charge in [-0.2, -0.15) is 0 Å². The summed E-state index contributed by atoms with van der Waals surface area (Å²) in [7, 11) is 0. The van der Waals surface area contributed by atoms with Crippen molar-refractivity contribution in [3.8, 4) is 11.3 Å². The van der Waals surface area contributed by atoms with Gasteiger partial charge in [-0.15, -0.1) is 0 Å². The molecule has 1 heterocycles. The summed E-state index contributed by atoms with van der Waals surface area (Å²) in [5, 5.41) is 4.12. The van der Waals surface area contributed by atoms with E-state index in [1.165, 1.54) is 16.9 Å². The minimum atomic E-state index is -0.00836. The smallest absolute Gasteiger partial charge is 0.205 e. The predicted octanol–water partition coefficient (Wildman–Crippen LogP) is 3.41. The maximum absolute atomic E-state index is 13.2. The Morgan fingerprint density at radius 3 is 2.24 bits per heavy atom. The van der Waals surface area contributed by atoms with Gasteiger partial charge in [-0.05, 0) is 31.0 Å². The van der Waals surface area contributed by atoms with Gasteiger partial charge in [0.15, 0.2) is 5.13 Å². The molecule has 29 heavy (non-hydrogen) atoms. The second kappa shape index (κ2) is 9.16. The highest BCUT2D eigenvalue weighted by Crippen LogP contribution is 2.35. The Morgan fingerprint density at radius 2 is 1.55 bits per heavy atom. The number of ketones is 1. The van der Waals surface area contributed by atoms with Crippen molar-refractivity contribution in [1.82, 2.24) is 4.98 Å². The summed E-state index contributed by atoms with van der Waals surface area (Å²) in [4.78, 5) is 18.6. The van der Waals surface area contributed by atoms with Crippen molar-refractivity contribution >= 4 is 27.9 Å². The third kappa shape index (κ3) is 4.63. The van der Waals surface area contributed by atoms with Crippen LogP contribution in [-0.2, 0) is 0 Å². The maximum atomic E-state index is 13.2. The first kappa shape index (κ1) is 21.0. The van der Waals surface area contributed by atoms with Crippen LogP contribution >= 0.6 is 11.3 Å². The van der Waals surface area contributed by atoms with Crippen molar-refractivity contribution in [3.05, 3.63) is 100 Å². The van der Waals surface area contributed by atoms with E-state index in [0.29, 0.717) is 21.3 Å². The monoisotopic (exact) mass is 463 g/mol. The van der Waals surface area contributed by atoms with Gasteiger partial charge in [0.25, 0.3) is 0 Å². The standard InChI is InChI=1S/C24H20N2OS.BrH/c1-16-13-14-17(2)20(15-16)25-24-26-21(18-9-5-3-6-10-18)23(28-24)22(27)19-11-7-4-8-12-19;/h3-15H,1-2H3,(H,25,26);1H/p-1. The lowest BCUT2D eigenvalue weighted by molar-refractivity contribution is -0.0000129. The number of benzene rings is 3. The molecule has 0 saturated heterocycles. The second-order valence-corrected chi connectivity index (χ2v) is 7.70. The Bertz CT molecular complexity index is 1120. The van der Waals surface area contributed by atoms with E-state index in [-0.39, 0.29) is 22.8 Å². The number of hydrogen-bond donors (Lipinski definition) is 1. The number of rotatable bonds is 5. The number of carbonyl (C=O) groups is 1. The van der Waals surface area contributed by atoms with Crippen molar-refractivity contribution < 1.29 is 21.8 Å². The van der Waals surface area contributed by atoms with Gasteiger partial charge in [0, 0.05) is 16.8 Å². The van der Waals surface area contributed by atoms with Crippen molar-refractivity contribution in [2.24, 2.45) is 0 Å². The van der Waals surface area contributed by atoms with Crippen molar-refractivity contribution in [2.75, 3.05) is 5.32 Å². The molecule has 4 aromatic rings. The largest absolute Gasteiger partial charge is 1.00 e.